The highest BCUT2D eigenvalue weighted by atomic mass is 16.6. The summed E-state index contributed by atoms with van der Waals surface area (Å²) in [6.07, 6.45) is 2.72. The van der Waals surface area contributed by atoms with Gasteiger partial charge in [-0.3, -0.25) is 15.3 Å². The van der Waals surface area contributed by atoms with Gasteiger partial charge < -0.3 is 20.1 Å². The lowest BCUT2D eigenvalue weighted by atomic mass is 9.80. The van der Waals surface area contributed by atoms with Crippen LogP contribution in [0.2, 0.25) is 0 Å². The normalized spacial score (nSPS) is 42.0. The third-order valence-electron chi connectivity index (χ3n) is 5.44. The van der Waals surface area contributed by atoms with E-state index < -0.39 is 36.7 Å². The first-order valence-corrected chi connectivity index (χ1v) is 8.25. The standard InChI is InChI=1S/C15H21N5O4/c16-13-15(8-3-1-2-4-8)14(18-6-17-13)20(7-19-15)12-11(23)10(22)9(5-21)24-12/h6-12,16,21-23H,1-5H2/t9-,10-,11-,12-,15?/m1/s1. The van der Waals surface area contributed by atoms with Gasteiger partial charge in [0.05, 0.1) is 12.9 Å². The van der Waals surface area contributed by atoms with Crippen molar-refractivity contribution in [3.8, 4) is 0 Å². The monoisotopic (exact) mass is 335 g/mol. The van der Waals surface area contributed by atoms with Crippen LogP contribution in [0.3, 0.4) is 0 Å². The summed E-state index contributed by atoms with van der Waals surface area (Å²) < 4.78 is 5.60. The Kier molecular flexibility index (Phi) is 3.75. The van der Waals surface area contributed by atoms with Crippen LogP contribution in [-0.4, -0.2) is 81.3 Å². The predicted molar refractivity (Wildman–Crippen MR) is 86.4 cm³/mol. The number of aliphatic hydroxyl groups is 3. The molecule has 1 unspecified atom stereocenters. The lowest BCUT2D eigenvalue weighted by Gasteiger charge is -2.36. The molecular weight excluding hydrogens is 314 g/mol. The average Bonchev–Trinajstić information content (AvgIpc) is 3.28. The summed E-state index contributed by atoms with van der Waals surface area (Å²) in [6, 6.07) is 0. The van der Waals surface area contributed by atoms with E-state index in [2.05, 4.69) is 15.0 Å². The van der Waals surface area contributed by atoms with Crippen LogP contribution in [0.15, 0.2) is 15.0 Å². The van der Waals surface area contributed by atoms with E-state index in [-0.39, 0.29) is 11.8 Å². The van der Waals surface area contributed by atoms with Crippen molar-refractivity contribution in [2.45, 2.75) is 55.8 Å². The maximum Gasteiger partial charge on any atom is 0.181 e. The van der Waals surface area contributed by atoms with Crippen molar-refractivity contribution in [2.24, 2.45) is 20.9 Å². The number of amidine groups is 2. The minimum Gasteiger partial charge on any atom is -0.394 e. The van der Waals surface area contributed by atoms with E-state index in [0.29, 0.717) is 5.84 Å². The highest BCUT2D eigenvalue weighted by molar-refractivity contribution is 6.24. The molecule has 1 saturated carbocycles. The van der Waals surface area contributed by atoms with Gasteiger partial charge in [-0.2, -0.15) is 0 Å². The molecule has 4 N–H and O–H groups in total. The largest absolute Gasteiger partial charge is 0.394 e. The average molecular weight is 335 g/mol. The molecule has 0 aromatic rings. The fourth-order valence-electron chi connectivity index (χ4n) is 4.16. The maximum atomic E-state index is 10.3. The number of ether oxygens (including phenoxy) is 1. The highest BCUT2D eigenvalue weighted by Gasteiger charge is 2.57. The van der Waals surface area contributed by atoms with Gasteiger partial charge in [-0.1, -0.05) is 12.8 Å². The number of hydrogen-bond acceptors (Lipinski definition) is 8. The van der Waals surface area contributed by atoms with Crippen molar-refractivity contribution in [3.63, 3.8) is 0 Å². The van der Waals surface area contributed by atoms with E-state index in [9.17, 15) is 15.3 Å². The molecule has 0 amide bonds. The van der Waals surface area contributed by atoms with E-state index >= 15 is 0 Å². The molecule has 0 spiro atoms. The molecule has 0 aromatic carbocycles. The number of nitrogens with one attached hydrogen (secondary N) is 1. The van der Waals surface area contributed by atoms with Crippen LogP contribution in [0.5, 0.6) is 0 Å². The van der Waals surface area contributed by atoms with Crippen LogP contribution < -0.4 is 0 Å². The van der Waals surface area contributed by atoms with Crippen molar-refractivity contribution < 1.29 is 20.1 Å². The molecule has 1 saturated heterocycles. The van der Waals surface area contributed by atoms with Crippen LogP contribution in [0.4, 0.5) is 0 Å². The van der Waals surface area contributed by atoms with Gasteiger partial charge in [-0.25, -0.2) is 9.98 Å². The van der Waals surface area contributed by atoms with Gasteiger partial charge in [-0.15, -0.1) is 0 Å². The maximum absolute atomic E-state index is 10.3. The fraction of sp³-hybridized carbons (Fsp3) is 0.733. The Morgan fingerprint density at radius 3 is 2.71 bits per heavy atom. The molecule has 3 heterocycles. The summed E-state index contributed by atoms with van der Waals surface area (Å²) in [5.74, 6) is 0.786. The summed E-state index contributed by atoms with van der Waals surface area (Å²) in [4.78, 5) is 14.6. The Hall–Kier alpha value is -1.68. The molecular formula is C15H21N5O4. The summed E-state index contributed by atoms with van der Waals surface area (Å²) >= 11 is 0. The number of rotatable bonds is 3. The second-order valence-electron chi connectivity index (χ2n) is 6.67. The van der Waals surface area contributed by atoms with Gasteiger partial charge >= 0.3 is 0 Å². The number of hydrogen-bond donors (Lipinski definition) is 4. The number of fused-ring (bicyclic) bond motifs is 1. The SMILES string of the molecule is N=C1N=CN=C2N([C@@H]3O[C@H](CO)[C@@H](O)[C@H]3O)C=NC12C1CCCC1. The van der Waals surface area contributed by atoms with Crippen LogP contribution in [-0.2, 0) is 4.74 Å². The molecule has 24 heavy (non-hydrogen) atoms. The van der Waals surface area contributed by atoms with E-state index in [1.165, 1.54) is 12.7 Å². The first-order chi connectivity index (χ1) is 11.6. The second-order valence-corrected chi connectivity index (χ2v) is 6.67. The Morgan fingerprint density at radius 2 is 2.04 bits per heavy atom. The molecule has 130 valence electrons. The minimum atomic E-state index is -1.20. The van der Waals surface area contributed by atoms with Gasteiger partial charge in [0, 0.05) is 0 Å². The first-order valence-electron chi connectivity index (χ1n) is 8.25. The molecule has 5 atom stereocenters. The third-order valence-corrected chi connectivity index (χ3v) is 5.44. The smallest absolute Gasteiger partial charge is 0.181 e. The fourth-order valence-corrected chi connectivity index (χ4v) is 4.16. The summed E-state index contributed by atoms with van der Waals surface area (Å²) in [5, 5.41) is 37.9. The van der Waals surface area contributed by atoms with Crippen molar-refractivity contribution in [3.05, 3.63) is 0 Å². The molecule has 0 bridgehead atoms. The highest BCUT2D eigenvalue weighted by Crippen LogP contribution is 2.43. The quantitative estimate of drug-likeness (QED) is 0.531. The molecule has 9 heteroatoms. The summed E-state index contributed by atoms with van der Waals surface area (Å²) in [5.41, 5.74) is -0.934. The number of aliphatic imine (C=N–C) groups is 3. The van der Waals surface area contributed by atoms with Gasteiger partial charge in [0.2, 0.25) is 0 Å². The van der Waals surface area contributed by atoms with E-state index in [4.69, 9.17) is 10.1 Å². The van der Waals surface area contributed by atoms with Crippen molar-refractivity contribution >= 4 is 24.3 Å². The number of aliphatic hydroxyl groups excluding tert-OH is 3. The summed E-state index contributed by atoms with van der Waals surface area (Å²) in [6.45, 7) is -0.392. The Balaban J connectivity index is 1.68. The van der Waals surface area contributed by atoms with E-state index in [0.717, 1.165) is 25.7 Å². The van der Waals surface area contributed by atoms with Crippen molar-refractivity contribution in [2.75, 3.05) is 6.61 Å². The number of nitrogens with zero attached hydrogens (tertiary/aromatic N) is 4. The van der Waals surface area contributed by atoms with Crippen LogP contribution in [0, 0.1) is 11.3 Å². The zero-order valence-electron chi connectivity index (χ0n) is 13.1. The molecule has 2 fully saturated rings. The molecule has 0 radical (unpaired) electrons. The van der Waals surface area contributed by atoms with E-state index in [1.54, 1.807) is 4.90 Å². The Labute approximate surface area is 138 Å². The van der Waals surface area contributed by atoms with Crippen molar-refractivity contribution in [1.82, 2.24) is 4.90 Å². The molecule has 4 rings (SSSR count). The van der Waals surface area contributed by atoms with E-state index in [1.807, 2.05) is 0 Å². The minimum absolute atomic E-state index is 0.138. The topological polar surface area (TPSA) is 134 Å². The summed E-state index contributed by atoms with van der Waals surface area (Å²) in [7, 11) is 0. The van der Waals surface area contributed by atoms with Gasteiger partial charge in [0.1, 0.15) is 30.5 Å². The molecule has 4 aliphatic rings. The molecule has 3 aliphatic heterocycles. The zero-order chi connectivity index (χ0) is 16.9. The van der Waals surface area contributed by atoms with Gasteiger partial charge in [0.15, 0.2) is 17.6 Å². The predicted octanol–water partition coefficient (Wildman–Crippen LogP) is -0.884. The zero-order valence-corrected chi connectivity index (χ0v) is 13.1. The Bertz CT molecular complexity index is 629. The Morgan fingerprint density at radius 1 is 1.29 bits per heavy atom. The van der Waals surface area contributed by atoms with Crippen LogP contribution >= 0.6 is 0 Å². The second kappa shape index (κ2) is 5.69. The van der Waals surface area contributed by atoms with Crippen molar-refractivity contribution in [1.29, 1.82) is 5.41 Å². The van der Waals surface area contributed by atoms with Gasteiger partial charge in [0.25, 0.3) is 0 Å². The third kappa shape index (κ3) is 2.02. The first kappa shape index (κ1) is 15.8. The van der Waals surface area contributed by atoms with Crippen LogP contribution in [0.25, 0.3) is 0 Å². The van der Waals surface area contributed by atoms with Crippen LogP contribution in [0.1, 0.15) is 25.7 Å². The molecule has 1 aliphatic carbocycles. The molecule has 9 nitrogen and oxygen atoms in total. The molecule has 0 aromatic heterocycles. The lowest BCUT2D eigenvalue weighted by Crippen LogP contribution is -2.56. The van der Waals surface area contributed by atoms with Gasteiger partial charge in [-0.05, 0) is 18.8 Å². The lowest BCUT2D eigenvalue weighted by molar-refractivity contribution is -0.0513.